The Hall–Kier alpha value is -0.620. The maximum atomic E-state index is 13.1. The lowest BCUT2D eigenvalue weighted by Gasteiger charge is -1.99. The van der Waals surface area contributed by atoms with Gasteiger partial charge in [0.15, 0.2) is 0 Å². The van der Waals surface area contributed by atoms with Crippen LogP contribution < -0.4 is 4.72 Å². The lowest BCUT2D eigenvalue weighted by Crippen LogP contribution is -2.05. The van der Waals surface area contributed by atoms with Crippen molar-refractivity contribution in [2.24, 2.45) is 0 Å². The predicted octanol–water partition coefficient (Wildman–Crippen LogP) is 1.84. The zero-order valence-electron chi connectivity index (χ0n) is 6.34. The summed E-state index contributed by atoms with van der Waals surface area (Å²) in [4.78, 5) is 0. The van der Waals surface area contributed by atoms with Crippen molar-refractivity contribution in [2.75, 3.05) is 4.72 Å². The van der Waals surface area contributed by atoms with Gasteiger partial charge in [-0.3, -0.25) is 4.72 Å². The summed E-state index contributed by atoms with van der Waals surface area (Å²) in [6, 6.07) is 2.82. The van der Waals surface area contributed by atoms with E-state index in [0.717, 1.165) is 0 Å². The van der Waals surface area contributed by atoms with Crippen molar-refractivity contribution in [3.8, 4) is 0 Å². The Kier molecular flexibility index (Phi) is 1.85. The van der Waals surface area contributed by atoms with E-state index in [2.05, 4.69) is 20.7 Å². The number of benzene rings is 1. The third kappa shape index (κ3) is 1.55. The van der Waals surface area contributed by atoms with E-state index < -0.39 is 15.8 Å². The van der Waals surface area contributed by atoms with Crippen molar-refractivity contribution in [1.82, 2.24) is 0 Å². The molecule has 0 saturated heterocycles. The van der Waals surface area contributed by atoms with Crippen molar-refractivity contribution >= 4 is 31.6 Å². The van der Waals surface area contributed by atoms with Gasteiger partial charge in [0.05, 0.1) is 11.4 Å². The smallest absolute Gasteiger partial charge is 0.237 e. The van der Waals surface area contributed by atoms with E-state index in [-0.39, 0.29) is 11.4 Å². The molecule has 2 rings (SSSR count). The highest BCUT2D eigenvalue weighted by Gasteiger charge is 2.26. The molecule has 1 N–H and O–H groups in total. The van der Waals surface area contributed by atoms with Gasteiger partial charge in [-0.25, -0.2) is 12.8 Å². The fourth-order valence-electron chi connectivity index (χ4n) is 1.25. The minimum absolute atomic E-state index is 0.0724. The fraction of sp³-hybridized carbons (Fsp3) is 0.143. The van der Waals surface area contributed by atoms with Crippen LogP contribution in [0.4, 0.5) is 10.1 Å². The third-order valence-electron chi connectivity index (χ3n) is 1.74. The van der Waals surface area contributed by atoms with E-state index in [1.165, 1.54) is 6.07 Å². The van der Waals surface area contributed by atoms with Crippen LogP contribution in [-0.4, -0.2) is 8.42 Å². The molecule has 6 heteroatoms. The van der Waals surface area contributed by atoms with Crippen LogP contribution in [-0.2, 0) is 15.8 Å². The number of hydrogen-bond acceptors (Lipinski definition) is 2. The zero-order valence-corrected chi connectivity index (χ0v) is 8.74. The maximum Gasteiger partial charge on any atom is 0.237 e. The summed E-state index contributed by atoms with van der Waals surface area (Å²) in [5, 5.41) is 0. The van der Waals surface area contributed by atoms with Gasteiger partial charge in [0, 0.05) is 4.47 Å². The zero-order chi connectivity index (χ0) is 9.64. The molecule has 70 valence electrons. The Morgan fingerprint density at radius 1 is 1.46 bits per heavy atom. The molecule has 1 aliphatic heterocycles. The van der Waals surface area contributed by atoms with E-state index in [4.69, 9.17) is 0 Å². The van der Waals surface area contributed by atoms with Gasteiger partial charge in [0.1, 0.15) is 5.82 Å². The van der Waals surface area contributed by atoms with Gasteiger partial charge in [0.25, 0.3) is 0 Å². The third-order valence-corrected chi connectivity index (χ3v) is 3.40. The number of rotatable bonds is 0. The molecule has 1 aromatic carbocycles. The molecule has 1 heterocycles. The number of halogens is 2. The molecular weight excluding hydrogens is 261 g/mol. The first kappa shape index (κ1) is 8.96. The number of sulfonamides is 1. The van der Waals surface area contributed by atoms with Crippen LogP contribution in [0.1, 0.15) is 5.56 Å². The molecule has 0 aliphatic carbocycles. The molecule has 1 aliphatic rings. The Morgan fingerprint density at radius 3 is 2.85 bits per heavy atom. The summed E-state index contributed by atoms with van der Waals surface area (Å²) in [5.41, 5.74) is 0.537. The van der Waals surface area contributed by atoms with Gasteiger partial charge >= 0.3 is 0 Å². The van der Waals surface area contributed by atoms with E-state index in [9.17, 15) is 12.8 Å². The topological polar surface area (TPSA) is 46.2 Å². The van der Waals surface area contributed by atoms with Gasteiger partial charge < -0.3 is 0 Å². The molecule has 0 atom stereocenters. The van der Waals surface area contributed by atoms with Crippen LogP contribution >= 0.6 is 15.9 Å². The van der Waals surface area contributed by atoms with Crippen molar-refractivity contribution in [1.29, 1.82) is 0 Å². The van der Waals surface area contributed by atoms with Crippen LogP contribution in [0.3, 0.4) is 0 Å². The van der Waals surface area contributed by atoms with Gasteiger partial charge in [-0.15, -0.1) is 0 Å². The van der Waals surface area contributed by atoms with Crippen molar-refractivity contribution in [3.63, 3.8) is 0 Å². The first-order valence-electron chi connectivity index (χ1n) is 3.46. The molecule has 0 saturated carbocycles. The van der Waals surface area contributed by atoms with Crippen molar-refractivity contribution < 1.29 is 12.8 Å². The molecule has 0 fully saturated rings. The summed E-state index contributed by atoms with van der Waals surface area (Å²) in [6.07, 6.45) is 0. The Labute approximate surface area is 83.1 Å². The molecule has 0 amide bonds. The largest absolute Gasteiger partial charge is 0.280 e. The van der Waals surface area contributed by atoms with E-state index >= 15 is 0 Å². The number of anilines is 1. The molecule has 1 aromatic rings. The molecule has 0 spiro atoms. The summed E-state index contributed by atoms with van der Waals surface area (Å²) in [7, 11) is -3.36. The molecular formula is C7H5BrFNO2S. The van der Waals surface area contributed by atoms with Gasteiger partial charge in [-0.05, 0) is 17.7 Å². The Balaban J connectivity index is 2.64. The second kappa shape index (κ2) is 2.68. The first-order chi connectivity index (χ1) is 5.98. The maximum absolute atomic E-state index is 13.1. The van der Waals surface area contributed by atoms with Crippen molar-refractivity contribution in [3.05, 3.63) is 28.0 Å². The highest BCUT2D eigenvalue weighted by Crippen LogP contribution is 2.32. The second-order valence-electron chi connectivity index (χ2n) is 2.78. The Morgan fingerprint density at radius 2 is 2.15 bits per heavy atom. The Bertz CT molecular complexity index is 472. The molecule has 13 heavy (non-hydrogen) atoms. The summed E-state index contributed by atoms with van der Waals surface area (Å²) in [5.74, 6) is -0.705. The van der Waals surface area contributed by atoms with Crippen LogP contribution in [0.25, 0.3) is 0 Å². The minimum Gasteiger partial charge on any atom is -0.280 e. The highest BCUT2D eigenvalue weighted by molar-refractivity contribution is 9.10. The van der Waals surface area contributed by atoms with Crippen molar-refractivity contribution in [2.45, 2.75) is 5.75 Å². The van der Waals surface area contributed by atoms with Crippen LogP contribution in [0.5, 0.6) is 0 Å². The van der Waals surface area contributed by atoms with Gasteiger partial charge in [-0.1, -0.05) is 15.9 Å². The van der Waals surface area contributed by atoms with Crippen LogP contribution in [0, 0.1) is 5.82 Å². The molecule has 0 unspecified atom stereocenters. The quantitative estimate of drug-likeness (QED) is 0.778. The molecule has 0 bridgehead atoms. The number of fused-ring (bicyclic) bond motifs is 1. The summed E-state index contributed by atoms with van der Waals surface area (Å²) >= 11 is 3.09. The van der Waals surface area contributed by atoms with Gasteiger partial charge in [-0.2, -0.15) is 0 Å². The van der Waals surface area contributed by atoms with E-state index in [0.29, 0.717) is 10.0 Å². The average Bonchev–Trinajstić information content (AvgIpc) is 2.23. The standard InChI is InChI=1S/C7H5BrFNO2S/c8-5-1-4-3-13(11,12)10-7(4)6(9)2-5/h1-2,10H,3H2. The predicted molar refractivity (Wildman–Crippen MR) is 50.3 cm³/mol. The number of nitrogens with one attached hydrogen (secondary N) is 1. The molecule has 0 radical (unpaired) electrons. The minimum atomic E-state index is -3.36. The molecule has 3 nitrogen and oxygen atoms in total. The second-order valence-corrected chi connectivity index (χ2v) is 5.42. The lowest BCUT2D eigenvalue weighted by atomic mass is 10.2. The van der Waals surface area contributed by atoms with Crippen LogP contribution in [0.2, 0.25) is 0 Å². The lowest BCUT2D eigenvalue weighted by molar-refractivity contribution is 0.601. The summed E-state index contributed by atoms with van der Waals surface area (Å²) in [6.45, 7) is 0. The van der Waals surface area contributed by atoms with E-state index in [1.54, 1.807) is 6.07 Å². The fourth-order valence-corrected chi connectivity index (χ4v) is 2.98. The van der Waals surface area contributed by atoms with Gasteiger partial charge in [0.2, 0.25) is 10.0 Å². The SMILES string of the molecule is O=S1(=O)Cc2cc(Br)cc(F)c2N1. The summed E-state index contributed by atoms with van der Waals surface area (Å²) < 4.78 is 37.9. The highest BCUT2D eigenvalue weighted by atomic mass is 79.9. The molecule has 0 aromatic heterocycles. The normalized spacial score (nSPS) is 18.0. The number of hydrogen-bond donors (Lipinski definition) is 1. The average molecular weight is 266 g/mol. The van der Waals surface area contributed by atoms with E-state index in [1.807, 2.05) is 0 Å². The first-order valence-corrected chi connectivity index (χ1v) is 5.91. The van der Waals surface area contributed by atoms with Crippen LogP contribution in [0.15, 0.2) is 16.6 Å². The monoisotopic (exact) mass is 265 g/mol.